The fourth-order valence-electron chi connectivity index (χ4n) is 3.22. The first-order chi connectivity index (χ1) is 12.5. The molecule has 1 aromatic rings. The Bertz CT molecular complexity index is 581. The highest BCUT2D eigenvalue weighted by molar-refractivity contribution is 5.85. The van der Waals surface area contributed by atoms with Gasteiger partial charge in [-0.15, -0.1) is 24.8 Å². The van der Waals surface area contributed by atoms with Crippen molar-refractivity contribution < 1.29 is 9.59 Å². The minimum absolute atomic E-state index is 0. The maximum atomic E-state index is 12.5. The molecule has 1 fully saturated rings. The number of benzene rings is 1. The fraction of sp³-hybridized carbons (Fsp3) is 0.600. The quantitative estimate of drug-likeness (QED) is 0.587. The van der Waals surface area contributed by atoms with Crippen molar-refractivity contribution in [2.45, 2.75) is 45.2 Å². The summed E-state index contributed by atoms with van der Waals surface area (Å²) in [6.45, 7) is 6.73. The third-order valence-electron chi connectivity index (χ3n) is 5.01. The lowest BCUT2D eigenvalue weighted by Gasteiger charge is -2.33. The molecule has 1 heterocycles. The van der Waals surface area contributed by atoms with Gasteiger partial charge in [-0.05, 0) is 24.8 Å². The lowest BCUT2D eigenvalue weighted by atomic mass is 9.94. The van der Waals surface area contributed by atoms with E-state index in [2.05, 4.69) is 15.5 Å². The first kappa shape index (κ1) is 26.7. The minimum atomic E-state index is -0.307. The molecule has 1 aliphatic heterocycles. The number of rotatable bonds is 8. The predicted octanol–water partition coefficient (Wildman–Crippen LogP) is 2.27. The lowest BCUT2D eigenvalue weighted by molar-refractivity contribution is -0.127. The average molecular weight is 433 g/mol. The molecule has 8 heteroatoms. The van der Waals surface area contributed by atoms with Crippen LogP contribution in [0.3, 0.4) is 0 Å². The largest absolute Gasteiger partial charge is 0.355 e. The van der Waals surface area contributed by atoms with E-state index in [4.69, 9.17) is 5.73 Å². The fourth-order valence-corrected chi connectivity index (χ4v) is 3.22. The summed E-state index contributed by atoms with van der Waals surface area (Å²) in [6.07, 6.45) is 2.67. The zero-order chi connectivity index (χ0) is 18.9. The molecular formula is C20H34Cl2N4O2. The molecule has 1 aliphatic rings. The Morgan fingerprint density at radius 2 is 1.79 bits per heavy atom. The highest BCUT2D eigenvalue weighted by Crippen LogP contribution is 2.20. The van der Waals surface area contributed by atoms with E-state index in [0.29, 0.717) is 6.54 Å². The summed E-state index contributed by atoms with van der Waals surface area (Å²) in [6, 6.07) is 9.57. The highest BCUT2D eigenvalue weighted by Gasteiger charge is 2.26. The smallest absolute Gasteiger partial charge is 0.234 e. The van der Waals surface area contributed by atoms with E-state index in [1.54, 1.807) is 0 Å². The van der Waals surface area contributed by atoms with E-state index in [9.17, 15) is 9.59 Å². The standard InChI is InChI=1S/C20H32N4O2.2ClH/c1-3-11-22-18(25)14-24-12-9-17(10-13-24)23-20(26)15(2)19(21)16-7-5-4-6-8-16;;/h4-8,15,17,19H,3,9-14,21H2,1-2H3,(H,22,25)(H,23,26);2*1H. The number of carbonyl (C=O) groups is 2. The molecular weight excluding hydrogens is 399 g/mol. The molecule has 2 unspecified atom stereocenters. The molecule has 0 spiro atoms. The van der Waals surface area contributed by atoms with Gasteiger partial charge < -0.3 is 16.4 Å². The van der Waals surface area contributed by atoms with Crippen molar-refractivity contribution in [1.29, 1.82) is 0 Å². The van der Waals surface area contributed by atoms with Crippen molar-refractivity contribution in [2.75, 3.05) is 26.2 Å². The Kier molecular flexibility index (Phi) is 13.1. The van der Waals surface area contributed by atoms with Crippen LogP contribution in [0.2, 0.25) is 0 Å². The van der Waals surface area contributed by atoms with Crippen LogP contribution in [0.4, 0.5) is 0 Å². The van der Waals surface area contributed by atoms with Gasteiger partial charge in [-0.3, -0.25) is 14.5 Å². The molecule has 0 radical (unpaired) electrons. The summed E-state index contributed by atoms with van der Waals surface area (Å²) in [5.41, 5.74) is 7.22. The van der Waals surface area contributed by atoms with Gasteiger partial charge in [0.15, 0.2) is 0 Å². The summed E-state index contributed by atoms with van der Waals surface area (Å²) in [7, 11) is 0. The second-order valence-corrected chi connectivity index (χ2v) is 7.13. The van der Waals surface area contributed by atoms with Gasteiger partial charge in [0.2, 0.25) is 11.8 Å². The number of amides is 2. The van der Waals surface area contributed by atoms with Gasteiger partial charge in [0.25, 0.3) is 0 Å². The Balaban J connectivity index is 0.00000364. The van der Waals surface area contributed by atoms with E-state index in [1.807, 2.05) is 44.2 Å². The van der Waals surface area contributed by atoms with Gasteiger partial charge in [0.1, 0.15) is 0 Å². The summed E-state index contributed by atoms with van der Waals surface area (Å²) < 4.78 is 0. The monoisotopic (exact) mass is 432 g/mol. The van der Waals surface area contributed by atoms with Crippen LogP contribution in [0.5, 0.6) is 0 Å². The van der Waals surface area contributed by atoms with Crippen molar-refractivity contribution in [2.24, 2.45) is 11.7 Å². The van der Waals surface area contributed by atoms with Crippen LogP contribution in [-0.2, 0) is 9.59 Å². The molecule has 6 nitrogen and oxygen atoms in total. The molecule has 1 saturated heterocycles. The van der Waals surface area contributed by atoms with E-state index < -0.39 is 0 Å². The number of nitrogens with two attached hydrogens (primary N) is 1. The van der Waals surface area contributed by atoms with Crippen LogP contribution in [0.15, 0.2) is 30.3 Å². The van der Waals surface area contributed by atoms with Gasteiger partial charge in [-0.2, -0.15) is 0 Å². The first-order valence-corrected chi connectivity index (χ1v) is 9.61. The van der Waals surface area contributed by atoms with Crippen molar-refractivity contribution in [3.05, 3.63) is 35.9 Å². The molecule has 2 atom stereocenters. The Morgan fingerprint density at radius 1 is 1.18 bits per heavy atom. The topological polar surface area (TPSA) is 87.5 Å². The minimum Gasteiger partial charge on any atom is -0.355 e. The maximum absolute atomic E-state index is 12.5. The number of carbonyl (C=O) groups excluding carboxylic acids is 2. The average Bonchev–Trinajstić information content (AvgIpc) is 2.67. The van der Waals surface area contributed by atoms with Crippen molar-refractivity contribution >= 4 is 36.6 Å². The Hall–Kier alpha value is -1.34. The first-order valence-electron chi connectivity index (χ1n) is 9.61. The summed E-state index contributed by atoms with van der Waals surface area (Å²) in [5, 5.41) is 6.03. The Morgan fingerprint density at radius 3 is 2.36 bits per heavy atom. The zero-order valence-electron chi connectivity index (χ0n) is 16.7. The third-order valence-corrected chi connectivity index (χ3v) is 5.01. The molecule has 0 saturated carbocycles. The van der Waals surface area contributed by atoms with Gasteiger partial charge in [0, 0.05) is 31.7 Å². The van der Waals surface area contributed by atoms with Crippen LogP contribution in [0.25, 0.3) is 0 Å². The maximum Gasteiger partial charge on any atom is 0.234 e. The SMILES string of the molecule is CCCNC(=O)CN1CCC(NC(=O)C(C)C(N)c2ccccc2)CC1.Cl.Cl. The molecule has 1 aromatic carbocycles. The van der Waals surface area contributed by atoms with Crippen molar-refractivity contribution in [1.82, 2.24) is 15.5 Å². The predicted molar refractivity (Wildman–Crippen MR) is 118 cm³/mol. The molecule has 0 bridgehead atoms. The van der Waals surface area contributed by atoms with Crippen LogP contribution >= 0.6 is 24.8 Å². The van der Waals surface area contributed by atoms with Gasteiger partial charge in [-0.25, -0.2) is 0 Å². The highest BCUT2D eigenvalue weighted by atomic mass is 35.5. The number of halogens is 2. The van der Waals surface area contributed by atoms with E-state index >= 15 is 0 Å². The number of nitrogens with zero attached hydrogens (tertiary/aromatic N) is 1. The Labute approximate surface area is 180 Å². The summed E-state index contributed by atoms with van der Waals surface area (Å²) in [4.78, 5) is 26.5. The molecule has 2 amide bonds. The molecule has 0 aromatic heterocycles. The molecule has 2 rings (SSSR count). The number of nitrogens with one attached hydrogen (secondary N) is 2. The van der Waals surface area contributed by atoms with E-state index in [-0.39, 0.29) is 54.6 Å². The molecule has 28 heavy (non-hydrogen) atoms. The third kappa shape index (κ3) is 8.35. The van der Waals surface area contributed by atoms with Crippen molar-refractivity contribution in [3.63, 3.8) is 0 Å². The summed E-state index contributed by atoms with van der Waals surface area (Å²) in [5.74, 6) is -0.201. The van der Waals surface area contributed by atoms with E-state index in [0.717, 1.165) is 44.5 Å². The molecule has 4 N–H and O–H groups in total. The number of piperidine rings is 1. The molecule has 0 aliphatic carbocycles. The number of likely N-dealkylation sites (tertiary alicyclic amines) is 1. The van der Waals surface area contributed by atoms with Gasteiger partial charge in [-0.1, -0.05) is 44.2 Å². The second-order valence-electron chi connectivity index (χ2n) is 7.13. The van der Waals surface area contributed by atoms with Gasteiger partial charge >= 0.3 is 0 Å². The van der Waals surface area contributed by atoms with Crippen LogP contribution in [0, 0.1) is 5.92 Å². The normalized spacial score (nSPS) is 16.8. The molecule has 160 valence electrons. The van der Waals surface area contributed by atoms with Gasteiger partial charge in [0.05, 0.1) is 12.5 Å². The van der Waals surface area contributed by atoms with E-state index in [1.165, 1.54) is 0 Å². The van der Waals surface area contributed by atoms with Crippen LogP contribution in [0.1, 0.15) is 44.7 Å². The van der Waals surface area contributed by atoms with Crippen molar-refractivity contribution in [3.8, 4) is 0 Å². The zero-order valence-corrected chi connectivity index (χ0v) is 18.4. The lowest BCUT2D eigenvalue weighted by Crippen LogP contribution is -2.49. The number of hydrogen-bond donors (Lipinski definition) is 3. The number of hydrogen-bond acceptors (Lipinski definition) is 4. The summed E-state index contributed by atoms with van der Waals surface area (Å²) >= 11 is 0. The van der Waals surface area contributed by atoms with Crippen LogP contribution in [-0.4, -0.2) is 48.9 Å². The van der Waals surface area contributed by atoms with Crippen LogP contribution < -0.4 is 16.4 Å². The second kappa shape index (κ2) is 13.8.